The molecule has 4 nitrogen and oxygen atoms in total. The van der Waals surface area contributed by atoms with Gasteiger partial charge in [0.1, 0.15) is 0 Å². The van der Waals surface area contributed by atoms with E-state index in [0.717, 1.165) is 38.2 Å². The molecule has 0 N–H and O–H groups in total. The quantitative estimate of drug-likeness (QED) is 0.868. The van der Waals surface area contributed by atoms with Crippen LogP contribution in [0.25, 0.3) is 5.69 Å². The van der Waals surface area contributed by atoms with Crippen molar-refractivity contribution in [2.45, 2.75) is 32.7 Å². The number of aromatic nitrogens is 2. The Kier molecular flexibility index (Phi) is 4.26. The number of likely N-dealkylation sites (tertiary alicyclic amines) is 1. The molecule has 1 saturated heterocycles. The first-order valence-corrected chi connectivity index (χ1v) is 7.85. The summed E-state index contributed by atoms with van der Waals surface area (Å²) in [6.07, 6.45) is 8.48. The number of imidazole rings is 1. The van der Waals surface area contributed by atoms with Crippen LogP contribution in [0.5, 0.6) is 0 Å². The Morgan fingerprint density at radius 3 is 2.55 bits per heavy atom. The highest BCUT2D eigenvalue weighted by atomic mass is 15.1. The van der Waals surface area contributed by atoms with E-state index in [-0.39, 0.29) is 5.41 Å². The molecule has 0 aliphatic carbocycles. The van der Waals surface area contributed by atoms with Crippen LogP contribution in [-0.4, -0.2) is 27.5 Å². The summed E-state index contributed by atoms with van der Waals surface area (Å²) in [4.78, 5) is 6.57. The topological polar surface area (TPSA) is 44.9 Å². The fourth-order valence-electron chi connectivity index (χ4n) is 3.06. The maximum atomic E-state index is 8.92. The number of nitriles is 1. The molecule has 4 heteroatoms. The lowest BCUT2D eigenvalue weighted by molar-refractivity contribution is 0.116. The van der Waals surface area contributed by atoms with E-state index in [4.69, 9.17) is 5.26 Å². The van der Waals surface area contributed by atoms with Crippen molar-refractivity contribution >= 4 is 0 Å². The molecule has 0 unspecified atom stereocenters. The number of hydrogen-bond acceptors (Lipinski definition) is 3. The molecule has 0 amide bonds. The van der Waals surface area contributed by atoms with Crippen LogP contribution in [0, 0.1) is 16.7 Å². The molecule has 22 heavy (non-hydrogen) atoms. The van der Waals surface area contributed by atoms with Crippen molar-refractivity contribution in [1.29, 1.82) is 5.26 Å². The minimum Gasteiger partial charge on any atom is -0.306 e. The summed E-state index contributed by atoms with van der Waals surface area (Å²) in [6, 6.07) is 11.0. The summed E-state index contributed by atoms with van der Waals surface area (Å²) in [7, 11) is 0. The van der Waals surface area contributed by atoms with Crippen LogP contribution in [0.15, 0.2) is 43.0 Å². The Morgan fingerprint density at radius 1 is 1.23 bits per heavy atom. The molecular weight excluding hydrogens is 272 g/mol. The zero-order valence-corrected chi connectivity index (χ0v) is 13.1. The first kappa shape index (κ1) is 14.8. The molecule has 3 rings (SSSR count). The maximum absolute atomic E-state index is 8.92. The smallest absolute Gasteiger partial charge is 0.0991 e. The summed E-state index contributed by atoms with van der Waals surface area (Å²) in [5.41, 5.74) is 2.70. The van der Waals surface area contributed by atoms with E-state index in [2.05, 4.69) is 47.1 Å². The Bertz CT molecular complexity index is 629. The molecule has 1 aromatic carbocycles. The molecule has 2 heterocycles. The molecule has 1 fully saturated rings. The van der Waals surface area contributed by atoms with E-state index in [0.29, 0.717) is 6.42 Å². The van der Waals surface area contributed by atoms with Crippen molar-refractivity contribution in [3.05, 3.63) is 48.5 Å². The van der Waals surface area contributed by atoms with Crippen molar-refractivity contribution < 1.29 is 0 Å². The normalized spacial score (nSPS) is 18.0. The fraction of sp³-hybridized carbons (Fsp3) is 0.444. The van der Waals surface area contributed by atoms with E-state index in [9.17, 15) is 0 Å². The van der Waals surface area contributed by atoms with Gasteiger partial charge in [0.2, 0.25) is 0 Å². The predicted octanol–water partition coefficient (Wildman–Crippen LogP) is 3.39. The van der Waals surface area contributed by atoms with Crippen LogP contribution in [0.3, 0.4) is 0 Å². The lowest BCUT2D eigenvalue weighted by atomic mass is 9.78. The third-order valence-corrected chi connectivity index (χ3v) is 4.71. The predicted molar refractivity (Wildman–Crippen MR) is 86.4 cm³/mol. The second kappa shape index (κ2) is 6.33. The van der Waals surface area contributed by atoms with Crippen molar-refractivity contribution in [3.63, 3.8) is 0 Å². The Hall–Kier alpha value is -2.12. The average Bonchev–Trinajstić information content (AvgIpc) is 3.05. The lowest BCUT2D eigenvalue weighted by Gasteiger charge is -2.38. The molecule has 114 valence electrons. The van der Waals surface area contributed by atoms with Gasteiger partial charge >= 0.3 is 0 Å². The first-order chi connectivity index (χ1) is 10.7. The zero-order valence-electron chi connectivity index (χ0n) is 13.1. The number of piperidine rings is 1. The van der Waals surface area contributed by atoms with Gasteiger partial charge in [0, 0.05) is 31.0 Å². The molecule has 0 bridgehead atoms. The van der Waals surface area contributed by atoms with E-state index < -0.39 is 0 Å². The van der Waals surface area contributed by atoms with Gasteiger partial charge in [-0.25, -0.2) is 4.98 Å². The number of nitrogens with zero attached hydrogens (tertiary/aromatic N) is 4. The molecule has 0 radical (unpaired) electrons. The van der Waals surface area contributed by atoms with Crippen molar-refractivity contribution in [1.82, 2.24) is 14.5 Å². The Labute approximate surface area is 132 Å². The fourth-order valence-corrected chi connectivity index (χ4v) is 3.06. The van der Waals surface area contributed by atoms with Crippen molar-refractivity contribution in [2.75, 3.05) is 13.1 Å². The molecule has 0 atom stereocenters. The Morgan fingerprint density at radius 2 is 1.95 bits per heavy atom. The lowest BCUT2D eigenvalue weighted by Crippen LogP contribution is -2.38. The molecular formula is C18H22N4. The molecule has 1 aliphatic rings. The molecule has 1 aliphatic heterocycles. The highest BCUT2D eigenvalue weighted by molar-refractivity contribution is 5.34. The first-order valence-electron chi connectivity index (χ1n) is 7.85. The average molecular weight is 294 g/mol. The van der Waals surface area contributed by atoms with Gasteiger partial charge in [-0.2, -0.15) is 5.26 Å². The molecule has 0 saturated carbocycles. The SMILES string of the molecule is CC1(CC#N)CCN(Cc2ccc(-n3ccnc3)cc2)CC1. The monoisotopic (exact) mass is 294 g/mol. The highest BCUT2D eigenvalue weighted by Crippen LogP contribution is 2.34. The molecule has 0 spiro atoms. The Balaban J connectivity index is 1.57. The maximum Gasteiger partial charge on any atom is 0.0991 e. The van der Waals surface area contributed by atoms with Gasteiger partial charge in [-0.3, -0.25) is 4.90 Å². The minimum absolute atomic E-state index is 0.219. The van der Waals surface area contributed by atoms with Gasteiger partial charge in [0.05, 0.1) is 12.4 Å². The van der Waals surface area contributed by atoms with Gasteiger partial charge < -0.3 is 4.57 Å². The van der Waals surface area contributed by atoms with E-state index in [1.54, 1.807) is 6.20 Å². The van der Waals surface area contributed by atoms with Gasteiger partial charge in [0.25, 0.3) is 0 Å². The van der Waals surface area contributed by atoms with Crippen LogP contribution < -0.4 is 0 Å². The zero-order chi connectivity index (χ0) is 15.4. The molecule has 2 aromatic rings. The third-order valence-electron chi connectivity index (χ3n) is 4.71. The number of hydrogen-bond donors (Lipinski definition) is 0. The third kappa shape index (κ3) is 3.37. The second-order valence-corrected chi connectivity index (χ2v) is 6.56. The van der Waals surface area contributed by atoms with Gasteiger partial charge in [-0.15, -0.1) is 0 Å². The number of benzene rings is 1. The van der Waals surface area contributed by atoms with Gasteiger partial charge in [-0.05, 0) is 49.0 Å². The van der Waals surface area contributed by atoms with E-state index in [1.165, 1.54) is 5.56 Å². The number of rotatable bonds is 4. The summed E-state index contributed by atoms with van der Waals surface area (Å²) in [6.45, 7) is 5.41. The van der Waals surface area contributed by atoms with Crippen LogP contribution >= 0.6 is 0 Å². The standard InChI is InChI=1S/C18H22N4/c1-18(6-9-19)7-11-21(12-8-18)14-16-2-4-17(5-3-16)22-13-10-20-15-22/h2-5,10,13,15H,6-8,11-12,14H2,1H3. The summed E-state index contributed by atoms with van der Waals surface area (Å²) >= 11 is 0. The minimum atomic E-state index is 0.219. The van der Waals surface area contributed by atoms with Crippen LogP contribution in [0.2, 0.25) is 0 Å². The van der Waals surface area contributed by atoms with Gasteiger partial charge in [-0.1, -0.05) is 19.1 Å². The largest absolute Gasteiger partial charge is 0.306 e. The van der Waals surface area contributed by atoms with Crippen LogP contribution in [0.1, 0.15) is 31.7 Å². The van der Waals surface area contributed by atoms with E-state index in [1.807, 2.05) is 17.1 Å². The van der Waals surface area contributed by atoms with Crippen molar-refractivity contribution in [2.24, 2.45) is 5.41 Å². The molecule has 1 aromatic heterocycles. The van der Waals surface area contributed by atoms with Gasteiger partial charge in [0.15, 0.2) is 0 Å². The van der Waals surface area contributed by atoms with Crippen LogP contribution in [-0.2, 0) is 6.54 Å². The summed E-state index contributed by atoms with van der Waals surface area (Å²) in [5, 5.41) is 8.92. The summed E-state index contributed by atoms with van der Waals surface area (Å²) in [5.74, 6) is 0. The van der Waals surface area contributed by atoms with E-state index >= 15 is 0 Å². The highest BCUT2D eigenvalue weighted by Gasteiger charge is 2.29. The van der Waals surface area contributed by atoms with Crippen molar-refractivity contribution in [3.8, 4) is 11.8 Å². The van der Waals surface area contributed by atoms with Crippen LogP contribution in [0.4, 0.5) is 0 Å². The second-order valence-electron chi connectivity index (χ2n) is 6.56. The summed E-state index contributed by atoms with van der Waals surface area (Å²) < 4.78 is 2.01.